The van der Waals surface area contributed by atoms with E-state index in [0.717, 1.165) is 6.20 Å². The minimum absolute atomic E-state index is 0.0977. The van der Waals surface area contributed by atoms with Crippen LogP contribution in [0.25, 0.3) is 0 Å². The third-order valence-corrected chi connectivity index (χ3v) is 4.32. The molecule has 0 saturated carbocycles. The van der Waals surface area contributed by atoms with Gasteiger partial charge in [0.2, 0.25) is 0 Å². The highest BCUT2D eigenvalue weighted by molar-refractivity contribution is 6.55. The Morgan fingerprint density at radius 3 is 2.47 bits per heavy atom. The minimum atomic E-state index is -0.425. The van der Waals surface area contributed by atoms with Gasteiger partial charge in [0.15, 0.2) is 5.75 Å². The van der Waals surface area contributed by atoms with E-state index in [4.69, 9.17) is 60.7 Å². The summed E-state index contributed by atoms with van der Waals surface area (Å²) in [7, 11) is 0. The van der Waals surface area contributed by atoms with Crippen LogP contribution in [0.5, 0.6) is 11.5 Å². The normalized spacial score (nSPS) is 11.1. The molecule has 10 heteroatoms. The zero-order chi connectivity index (χ0) is 22.1. The highest BCUT2D eigenvalue weighted by Crippen LogP contribution is 2.37. The van der Waals surface area contributed by atoms with Crippen LogP contribution in [0.4, 0.5) is 4.39 Å². The van der Waals surface area contributed by atoms with Crippen LogP contribution in [-0.2, 0) is 4.84 Å². The number of oxime groups is 1. The van der Waals surface area contributed by atoms with Gasteiger partial charge in [0.05, 0.1) is 21.9 Å². The molecule has 5 nitrogen and oxygen atoms in total. The molecular weight excluding hydrogens is 477 g/mol. The van der Waals surface area contributed by atoms with Crippen molar-refractivity contribution in [2.45, 2.75) is 6.92 Å². The molecule has 2 rings (SSSR count). The predicted molar refractivity (Wildman–Crippen MR) is 119 cm³/mol. The molecule has 0 aliphatic heterocycles. The molecule has 30 heavy (non-hydrogen) atoms. The van der Waals surface area contributed by atoms with Gasteiger partial charge in [-0.25, -0.2) is 4.39 Å². The number of aromatic nitrogens is 1. The number of hydrogen-bond acceptors (Lipinski definition) is 5. The van der Waals surface area contributed by atoms with E-state index in [2.05, 4.69) is 16.7 Å². The smallest absolute Gasteiger partial charge is 0.157 e. The molecule has 2 aromatic rings. The van der Waals surface area contributed by atoms with Crippen molar-refractivity contribution in [2.24, 2.45) is 5.16 Å². The van der Waals surface area contributed by atoms with E-state index in [1.54, 1.807) is 19.1 Å². The average Bonchev–Trinajstić information content (AvgIpc) is 2.67. The second kappa shape index (κ2) is 12.0. The Morgan fingerprint density at radius 1 is 1.17 bits per heavy atom. The van der Waals surface area contributed by atoms with E-state index in [-0.39, 0.29) is 40.1 Å². The Labute approximate surface area is 193 Å². The Bertz CT molecular complexity index is 923. The van der Waals surface area contributed by atoms with E-state index in [1.807, 2.05) is 0 Å². The Hall–Kier alpha value is -1.99. The van der Waals surface area contributed by atoms with Gasteiger partial charge in [-0.15, -0.1) is 0 Å². The second-order valence-electron chi connectivity index (χ2n) is 5.87. The monoisotopic (exact) mass is 492 g/mol. The number of halogens is 5. The summed E-state index contributed by atoms with van der Waals surface area (Å²) in [4.78, 5) is 9.15. The van der Waals surface area contributed by atoms with Gasteiger partial charge < -0.3 is 14.3 Å². The molecule has 1 aromatic carbocycles. The molecule has 0 fully saturated rings. The zero-order valence-electron chi connectivity index (χ0n) is 15.8. The van der Waals surface area contributed by atoms with Crippen molar-refractivity contribution in [1.29, 1.82) is 0 Å². The summed E-state index contributed by atoms with van der Waals surface area (Å²) in [5, 5.41) is 4.46. The lowest BCUT2D eigenvalue weighted by Gasteiger charge is -2.13. The fourth-order valence-electron chi connectivity index (χ4n) is 2.03. The van der Waals surface area contributed by atoms with Gasteiger partial charge in [-0.2, -0.15) is 0 Å². The number of benzene rings is 1. The SMILES string of the molecule is C=C(CO/N=C(\C)c1ccc(F)cn1)COc1c(Cl)cc(OCC=C(Cl)Cl)cc1Cl. The van der Waals surface area contributed by atoms with Crippen LogP contribution in [0.1, 0.15) is 12.6 Å². The fourth-order valence-corrected chi connectivity index (χ4v) is 2.73. The first-order valence-corrected chi connectivity index (χ1v) is 9.98. The molecule has 0 aliphatic carbocycles. The number of hydrogen-bond donors (Lipinski definition) is 0. The molecule has 0 atom stereocenters. The maximum atomic E-state index is 12.9. The van der Waals surface area contributed by atoms with E-state index in [0.29, 0.717) is 22.7 Å². The maximum absolute atomic E-state index is 12.9. The summed E-state index contributed by atoms with van der Waals surface area (Å²) in [6.45, 7) is 5.92. The first-order valence-electron chi connectivity index (χ1n) is 8.47. The molecule has 0 saturated heterocycles. The molecule has 0 bridgehead atoms. The molecule has 0 radical (unpaired) electrons. The van der Waals surface area contributed by atoms with Crippen LogP contribution < -0.4 is 9.47 Å². The van der Waals surface area contributed by atoms with Crippen molar-refractivity contribution in [3.63, 3.8) is 0 Å². The van der Waals surface area contributed by atoms with Crippen molar-refractivity contribution in [2.75, 3.05) is 19.8 Å². The summed E-state index contributed by atoms with van der Waals surface area (Å²) in [5.74, 6) is 0.295. The molecule has 1 heterocycles. The van der Waals surface area contributed by atoms with Crippen molar-refractivity contribution >= 4 is 52.1 Å². The number of pyridine rings is 1. The summed E-state index contributed by atoms with van der Waals surface area (Å²) in [6.07, 6.45) is 2.59. The van der Waals surface area contributed by atoms with Crippen LogP contribution in [-0.4, -0.2) is 30.5 Å². The van der Waals surface area contributed by atoms with Gasteiger partial charge in [-0.05, 0) is 30.7 Å². The zero-order valence-corrected chi connectivity index (χ0v) is 18.8. The van der Waals surface area contributed by atoms with E-state index in [9.17, 15) is 4.39 Å². The highest BCUT2D eigenvalue weighted by Gasteiger charge is 2.11. The lowest BCUT2D eigenvalue weighted by molar-refractivity contribution is 0.159. The van der Waals surface area contributed by atoms with Gasteiger partial charge in [0, 0.05) is 12.1 Å². The van der Waals surface area contributed by atoms with Gasteiger partial charge in [-0.3, -0.25) is 4.98 Å². The predicted octanol–water partition coefficient (Wildman–Crippen LogP) is 6.60. The molecule has 0 aliphatic rings. The summed E-state index contributed by atoms with van der Waals surface area (Å²) < 4.78 is 24.1. The largest absolute Gasteiger partial charge is 0.489 e. The fraction of sp³-hybridized carbons (Fsp3) is 0.200. The molecule has 160 valence electrons. The van der Waals surface area contributed by atoms with Gasteiger partial charge in [0.25, 0.3) is 0 Å². The van der Waals surface area contributed by atoms with Crippen molar-refractivity contribution in [3.05, 3.63) is 74.7 Å². The maximum Gasteiger partial charge on any atom is 0.157 e. The van der Waals surface area contributed by atoms with Crippen molar-refractivity contribution < 1.29 is 18.7 Å². The first kappa shape index (κ1) is 24.3. The van der Waals surface area contributed by atoms with Crippen LogP contribution >= 0.6 is 46.4 Å². The lowest BCUT2D eigenvalue weighted by Crippen LogP contribution is -2.07. The molecular formula is C20H17Cl4FN2O3. The third kappa shape index (κ3) is 8.03. The van der Waals surface area contributed by atoms with Crippen molar-refractivity contribution in [1.82, 2.24) is 4.98 Å². The second-order valence-corrected chi connectivity index (χ2v) is 7.69. The summed E-state index contributed by atoms with van der Waals surface area (Å²) in [5.41, 5.74) is 1.59. The molecule has 0 unspecified atom stereocenters. The molecule has 0 amide bonds. The Morgan fingerprint density at radius 2 is 1.87 bits per heavy atom. The Kier molecular flexibility index (Phi) is 9.72. The number of ether oxygens (including phenoxy) is 2. The van der Waals surface area contributed by atoms with Crippen LogP contribution in [0.15, 0.2) is 58.3 Å². The topological polar surface area (TPSA) is 52.9 Å². The lowest BCUT2D eigenvalue weighted by atomic mass is 10.2. The summed E-state index contributed by atoms with van der Waals surface area (Å²) in [6, 6.07) is 5.91. The standard InChI is InChI=1S/C20H17Cl4FN2O3/c1-12(11-30-27-13(2)18-4-3-14(25)9-26-18)10-29-20-16(21)7-15(8-17(20)22)28-6-5-19(23)24/h3-5,7-9H,1,6,10-11H2,2H3/b27-13+. The average molecular weight is 494 g/mol. The van der Waals surface area contributed by atoms with Crippen LogP contribution in [0, 0.1) is 5.82 Å². The Balaban J connectivity index is 1.86. The third-order valence-electron chi connectivity index (χ3n) is 3.45. The molecule has 0 spiro atoms. The molecule has 1 aromatic heterocycles. The summed E-state index contributed by atoms with van der Waals surface area (Å²) >= 11 is 23.5. The van der Waals surface area contributed by atoms with E-state index < -0.39 is 5.82 Å². The van der Waals surface area contributed by atoms with Gasteiger partial charge >= 0.3 is 0 Å². The quantitative estimate of drug-likeness (QED) is 0.212. The first-order chi connectivity index (χ1) is 14.3. The number of rotatable bonds is 10. The number of nitrogens with zero attached hydrogens (tertiary/aromatic N) is 2. The highest BCUT2D eigenvalue weighted by atomic mass is 35.5. The minimum Gasteiger partial charge on any atom is -0.489 e. The van der Waals surface area contributed by atoms with Crippen molar-refractivity contribution in [3.8, 4) is 11.5 Å². The molecule has 0 N–H and O–H groups in total. The van der Waals surface area contributed by atoms with Crippen LogP contribution in [0.3, 0.4) is 0 Å². The van der Waals surface area contributed by atoms with Gasteiger partial charge in [0.1, 0.15) is 41.6 Å². The van der Waals surface area contributed by atoms with Crippen LogP contribution in [0.2, 0.25) is 10.0 Å². The van der Waals surface area contributed by atoms with E-state index in [1.165, 1.54) is 18.2 Å². The van der Waals surface area contributed by atoms with E-state index >= 15 is 0 Å². The van der Waals surface area contributed by atoms with Gasteiger partial charge in [-0.1, -0.05) is 58.1 Å².